The van der Waals surface area contributed by atoms with Gasteiger partial charge in [-0.25, -0.2) is 21.2 Å². The summed E-state index contributed by atoms with van der Waals surface area (Å²) in [6, 6.07) is 13.1. The van der Waals surface area contributed by atoms with Crippen molar-refractivity contribution in [2.24, 2.45) is 0 Å². The quantitative estimate of drug-likeness (QED) is 0.136. The third-order valence-electron chi connectivity index (χ3n) is 6.43. The van der Waals surface area contributed by atoms with Crippen molar-refractivity contribution >= 4 is 71.7 Å². The number of aromatic nitrogens is 1. The van der Waals surface area contributed by atoms with Crippen molar-refractivity contribution in [2.45, 2.75) is 25.7 Å². The molecule has 10 heteroatoms. The van der Waals surface area contributed by atoms with Crippen LogP contribution >= 0.6 is 34.2 Å². The van der Waals surface area contributed by atoms with E-state index in [0.717, 1.165) is 15.6 Å². The van der Waals surface area contributed by atoms with Gasteiger partial charge in [0.05, 0.1) is 14.0 Å². The van der Waals surface area contributed by atoms with E-state index in [-0.39, 0.29) is 37.5 Å². The molecule has 0 aliphatic carbocycles. The zero-order chi connectivity index (χ0) is 28.2. The van der Waals surface area contributed by atoms with Crippen molar-refractivity contribution in [2.75, 3.05) is 6.61 Å². The number of aryl methyl sites for hydroxylation is 3. The highest BCUT2D eigenvalue weighted by molar-refractivity contribution is 14.1. The summed E-state index contributed by atoms with van der Waals surface area (Å²) in [7, 11) is -4.18. The smallest absolute Gasteiger partial charge is 0.268 e. The molecule has 0 saturated carbocycles. The number of Topliss-reactive ketones (excluding diaryl/α,β-unsaturated/α-hetero) is 1. The standard InChI is InChI=1S/C29H21ClF2INO4S/c1-15-6-16(2)29(17(3)7-15)39(36,37)34-13-23(21-5-4-20(31)11-26(21)34)27(35)14-38-28-12-22-18(9-25(28)33)8-19(30)10-24(22)32/h4-13H,14H2,1-3H3. The van der Waals surface area contributed by atoms with E-state index in [1.807, 2.05) is 29.5 Å². The number of nitrogens with zero attached hydrogens (tertiary/aromatic N) is 1. The molecule has 0 radical (unpaired) electrons. The summed E-state index contributed by atoms with van der Waals surface area (Å²) in [5, 5.41) is 1.40. The van der Waals surface area contributed by atoms with Gasteiger partial charge in [-0.05, 0) is 102 Å². The van der Waals surface area contributed by atoms with E-state index in [0.29, 0.717) is 20.1 Å². The van der Waals surface area contributed by atoms with Gasteiger partial charge < -0.3 is 4.74 Å². The van der Waals surface area contributed by atoms with Crippen LogP contribution in [-0.2, 0) is 10.0 Å². The molecule has 1 heterocycles. The lowest BCUT2D eigenvalue weighted by Gasteiger charge is -2.14. The van der Waals surface area contributed by atoms with Crippen LogP contribution < -0.4 is 4.74 Å². The number of fused-ring (bicyclic) bond motifs is 2. The number of hydrogen-bond acceptors (Lipinski definition) is 4. The highest BCUT2D eigenvalue weighted by atomic mass is 127. The second-order valence-electron chi connectivity index (χ2n) is 9.34. The van der Waals surface area contributed by atoms with Gasteiger partial charge in [0, 0.05) is 27.6 Å². The van der Waals surface area contributed by atoms with E-state index in [2.05, 4.69) is 0 Å². The van der Waals surface area contributed by atoms with Gasteiger partial charge in [0.15, 0.2) is 6.61 Å². The Hall–Kier alpha value is -3.02. The summed E-state index contributed by atoms with van der Waals surface area (Å²) >= 11 is 7.97. The number of ether oxygens (including phenoxy) is 1. The van der Waals surface area contributed by atoms with Crippen LogP contribution in [0.25, 0.3) is 21.7 Å². The van der Waals surface area contributed by atoms with Crippen LogP contribution in [0.15, 0.2) is 65.7 Å². The summed E-state index contributed by atoms with van der Waals surface area (Å²) in [4.78, 5) is 13.4. The molecule has 5 nitrogen and oxygen atoms in total. The molecule has 0 aliphatic rings. The van der Waals surface area contributed by atoms with Crippen LogP contribution in [-0.4, -0.2) is 24.8 Å². The van der Waals surface area contributed by atoms with Gasteiger partial charge in [-0.3, -0.25) is 4.79 Å². The monoisotopic (exact) mass is 679 g/mol. The summed E-state index contributed by atoms with van der Waals surface area (Å²) in [6.45, 7) is 4.81. The fourth-order valence-electron chi connectivity index (χ4n) is 4.88. The van der Waals surface area contributed by atoms with E-state index in [4.69, 9.17) is 16.3 Å². The zero-order valence-electron chi connectivity index (χ0n) is 21.0. The van der Waals surface area contributed by atoms with E-state index in [9.17, 15) is 22.0 Å². The molecule has 0 spiro atoms. The van der Waals surface area contributed by atoms with Gasteiger partial charge in [-0.1, -0.05) is 29.3 Å². The first-order valence-corrected chi connectivity index (χ1v) is 14.6. The van der Waals surface area contributed by atoms with Crippen molar-refractivity contribution in [1.29, 1.82) is 0 Å². The molecule has 0 atom stereocenters. The highest BCUT2D eigenvalue weighted by Crippen LogP contribution is 2.33. The maximum absolute atomic E-state index is 14.5. The van der Waals surface area contributed by atoms with Crippen molar-refractivity contribution in [3.8, 4) is 5.75 Å². The lowest BCUT2D eigenvalue weighted by Crippen LogP contribution is -2.16. The van der Waals surface area contributed by atoms with Crippen LogP contribution in [0.2, 0.25) is 5.02 Å². The van der Waals surface area contributed by atoms with Gasteiger partial charge in [0.25, 0.3) is 10.0 Å². The topological polar surface area (TPSA) is 65.4 Å². The highest BCUT2D eigenvalue weighted by Gasteiger charge is 2.27. The first-order valence-electron chi connectivity index (χ1n) is 11.7. The molecular formula is C29H21ClF2INO4S. The fraction of sp³-hybridized carbons (Fsp3) is 0.138. The molecule has 0 N–H and O–H groups in total. The molecule has 0 saturated heterocycles. The molecule has 0 unspecified atom stereocenters. The Morgan fingerprint density at radius 1 is 0.974 bits per heavy atom. The van der Waals surface area contributed by atoms with Crippen LogP contribution in [0.5, 0.6) is 5.75 Å². The van der Waals surface area contributed by atoms with Gasteiger partial charge in [0.2, 0.25) is 5.78 Å². The molecule has 0 bridgehead atoms. The van der Waals surface area contributed by atoms with Crippen LogP contribution in [0.3, 0.4) is 0 Å². The minimum Gasteiger partial charge on any atom is -0.484 e. The fourth-order valence-corrected chi connectivity index (χ4v) is 7.52. The predicted octanol–water partition coefficient (Wildman–Crippen LogP) is 7.75. The van der Waals surface area contributed by atoms with Crippen LogP contribution in [0.4, 0.5) is 8.78 Å². The lowest BCUT2D eigenvalue weighted by atomic mass is 10.1. The zero-order valence-corrected chi connectivity index (χ0v) is 24.7. The van der Waals surface area contributed by atoms with E-state index in [1.54, 1.807) is 38.1 Å². The molecule has 200 valence electrons. The largest absolute Gasteiger partial charge is 0.484 e. The van der Waals surface area contributed by atoms with Gasteiger partial charge in [-0.15, -0.1) is 0 Å². The van der Waals surface area contributed by atoms with Crippen molar-refractivity contribution in [1.82, 2.24) is 3.97 Å². The van der Waals surface area contributed by atoms with Gasteiger partial charge in [-0.2, -0.15) is 0 Å². The Labute approximate surface area is 242 Å². The molecule has 5 aromatic rings. The summed E-state index contributed by atoms with van der Waals surface area (Å²) < 4.78 is 63.7. The van der Waals surface area contributed by atoms with Crippen molar-refractivity contribution < 1.29 is 26.7 Å². The minimum absolute atomic E-state index is 0.0389. The molecule has 0 amide bonds. The third kappa shape index (κ3) is 5.03. The second-order valence-corrected chi connectivity index (χ2v) is 12.7. The normalized spacial score (nSPS) is 11.9. The van der Waals surface area contributed by atoms with Crippen LogP contribution in [0, 0.1) is 36.0 Å². The second kappa shape index (κ2) is 10.2. The maximum atomic E-state index is 14.5. The summed E-state index contributed by atoms with van der Waals surface area (Å²) in [5.41, 5.74) is 2.09. The Morgan fingerprint density at radius 3 is 2.36 bits per heavy atom. The number of ketones is 1. The molecule has 1 aromatic heterocycles. The molecule has 4 aromatic carbocycles. The minimum atomic E-state index is -4.18. The number of carbonyl (C=O) groups excluding carboxylic acids is 1. The van der Waals surface area contributed by atoms with Gasteiger partial charge in [0.1, 0.15) is 17.4 Å². The summed E-state index contributed by atoms with van der Waals surface area (Å²) in [5.74, 6) is -1.41. The number of carbonyl (C=O) groups is 1. The first kappa shape index (κ1) is 27.5. The number of halogens is 4. The molecule has 0 fully saturated rings. The maximum Gasteiger partial charge on any atom is 0.268 e. The van der Waals surface area contributed by atoms with E-state index >= 15 is 0 Å². The Kier molecular flexibility index (Phi) is 7.19. The number of hydrogen-bond donors (Lipinski definition) is 0. The van der Waals surface area contributed by atoms with Gasteiger partial charge >= 0.3 is 0 Å². The predicted molar refractivity (Wildman–Crippen MR) is 157 cm³/mol. The Bertz CT molecular complexity index is 1910. The molecule has 0 aliphatic heterocycles. The Balaban J connectivity index is 1.55. The molecular weight excluding hydrogens is 659 g/mol. The summed E-state index contributed by atoms with van der Waals surface area (Å²) in [6.07, 6.45) is 1.21. The van der Waals surface area contributed by atoms with Crippen molar-refractivity contribution in [3.63, 3.8) is 0 Å². The van der Waals surface area contributed by atoms with Crippen molar-refractivity contribution in [3.05, 3.63) is 103 Å². The molecule has 5 rings (SSSR count). The lowest BCUT2D eigenvalue weighted by molar-refractivity contribution is 0.0922. The van der Waals surface area contributed by atoms with E-state index < -0.39 is 34.0 Å². The number of rotatable bonds is 6. The average Bonchev–Trinajstić information content (AvgIpc) is 3.21. The Morgan fingerprint density at radius 2 is 1.67 bits per heavy atom. The first-order chi connectivity index (χ1) is 18.4. The number of benzene rings is 4. The molecule has 39 heavy (non-hydrogen) atoms. The van der Waals surface area contributed by atoms with E-state index in [1.165, 1.54) is 30.5 Å². The third-order valence-corrected chi connectivity index (χ3v) is 9.47. The SMILES string of the molecule is Cc1cc(C)c(S(=O)(=O)n2cc(C(=O)COc3cc4c(F)cc(Cl)cc4cc3I)c3ccc(F)cc32)c(C)c1. The average molecular weight is 680 g/mol. The van der Waals surface area contributed by atoms with Crippen LogP contribution in [0.1, 0.15) is 27.0 Å².